The normalized spacial score (nSPS) is 9.91. The van der Waals surface area contributed by atoms with E-state index in [-0.39, 0.29) is 11.3 Å². The number of rotatable bonds is 4. The largest absolute Gasteiger partial charge is 0.497 e. The Labute approximate surface area is 127 Å². The van der Waals surface area contributed by atoms with Crippen LogP contribution in [-0.4, -0.2) is 31.3 Å². The second-order valence-electron chi connectivity index (χ2n) is 4.35. The molecule has 2 rings (SSSR count). The quantitative estimate of drug-likeness (QED) is 0.939. The summed E-state index contributed by atoms with van der Waals surface area (Å²) >= 11 is 0. The number of ether oxygens (including phenoxy) is 2. The van der Waals surface area contributed by atoms with Crippen molar-refractivity contribution in [3.05, 3.63) is 54.1 Å². The lowest BCUT2D eigenvalue weighted by Gasteiger charge is -2.18. The first-order valence-corrected chi connectivity index (χ1v) is 6.42. The Morgan fingerprint density at radius 1 is 0.864 bits per heavy atom. The third-order valence-corrected chi connectivity index (χ3v) is 3.06. The first kappa shape index (κ1) is 15.4. The van der Waals surface area contributed by atoms with Gasteiger partial charge in [-0.25, -0.2) is 9.69 Å². The first-order valence-electron chi connectivity index (χ1n) is 6.42. The minimum absolute atomic E-state index is 0.245. The summed E-state index contributed by atoms with van der Waals surface area (Å²) in [5.74, 6) is 0.522. The lowest BCUT2D eigenvalue weighted by Crippen LogP contribution is -2.35. The highest BCUT2D eigenvalue weighted by atomic mass is 16.5. The highest BCUT2D eigenvalue weighted by Gasteiger charge is 2.24. The molecule has 22 heavy (non-hydrogen) atoms. The van der Waals surface area contributed by atoms with Gasteiger partial charge in [-0.15, -0.1) is 0 Å². The van der Waals surface area contributed by atoms with Crippen LogP contribution in [0, 0.1) is 0 Å². The summed E-state index contributed by atoms with van der Waals surface area (Å²) in [6.07, 6.45) is -1.36. The Balaban J connectivity index is 2.33. The van der Waals surface area contributed by atoms with Crippen LogP contribution in [0.5, 0.6) is 11.5 Å². The van der Waals surface area contributed by atoms with E-state index in [1.165, 1.54) is 38.5 Å². The molecule has 0 saturated heterocycles. The van der Waals surface area contributed by atoms with Crippen LogP contribution >= 0.6 is 0 Å². The minimum Gasteiger partial charge on any atom is -0.497 e. The number of imide groups is 1. The van der Waals surface area contributed by atoms with Crippen molar-refractivity contribution in [2.75, 3.05) is 19.1 Å². The van der Waals surface area contributed by atoms with Crippen LogP contribution < -0.4 is 14.4 Å². The fraction of sp³-hybridized carbons (Fsp3) is 0.125. The molecule has 114 valence electrons. The second kappa shape index (κ2) is 6.62. The van der Waals surface area contributed by atoms with E-state index >= 15 is 0 Å². The molecule has 0 heterocycles. The number of carbonyl (C=O) groups excluding carboxylic acids is 1. The van der Waals surface area contributed by atoms with Crippen molar-refractivity contribution in [3.63, 3.8) is 0 Å². The van der Waals surface area contributed by atoms with Gasteiger partial charge >= 0.3 is 6.09 Å². The first-order chi connectivity index (χ1) is 10.6. The molecule has 0 saturated carbocycles. The maximum atomic E-state index is 12.4. The lowest BCUT2D eigenvalue weighted by atomic mass is 10.1. The van der Waals surface area contributed by atoms with Crippen molar-refractivity contribution in [1.82, 2.24) is 0 Å². The highest BCUT2D eigenvalue weighted by molar-refractivity contribution is 6.18. The fourth-order valence-electron chi connectivity index (χ4n) is 1.91. The number of carboxylic acid groups (broad SMARTS) is 1. The number of anilines is 1. The number of amides is 2. The topological polar surface area (TPSA) is 76.1 Å². The van der Waals surface area contributed by atoms with Crippen molar-refractivity contribution in [1.29, 1.82) is 0 Å². The molecule has 0 bridgehead atoms. The maximum absolute atomic E-state index is 12.4. The Kier molecular flexibility index (Phi) is 4.63. The average molecular weight is 301 g/mol. The zero-order valence-electron chi connectivity index (χ0n) is 12.1. The summed E-state index contributed by atoms with van der Waals surface area (Å²) in [5.41, 5.74) is 0.494. The Hall–Kier alpha value is -3.02. The number of hydrogen-bond acceptors (Lipinski definition) is 4. The second-order valence-corrected chi connectivity index (χ2v) is 4.35. The van der Waals surface area contributed by atoms with Gasteiger partial charge < -0.3 is 14.6 Å². The lowest BCUT2D eigenvalue weighted by molar-refractivity contribution is 0.0983. The van der Waals surface area contributed by atoms with Gasteiger partial charge in [0, 0.05) is 5.56 Å². The number of methoxy groups -OCH3 is 2. The standard InChI is InChI=1S/C16H15NO5/c1-21-13-7-3-11(4-8-13)15(18)17(16(19)20)12-5-9-14(22-2)10-6-12/h3-10H,1-2H3,(H,19,20). The molecular weight excluding hydrogens is 286 g/mol. The Morgan fingerprint density at radius 2 is 1.32 bits per heavy atom. The molecule has 0 aliphatic heterocycles. The summed E-state index contributed by atoms with van der Waals surface area (Å²) < 4.78 is 10.0. The molecule has 2 aromatic carbocycles. The van der Waals surface area contributed by atoms with Gasteiger partial charge in [0.15, 0.2) is 0 Å². The van der Waals surface area contributed by atoms with E-state index in [1.807, 2.05) is 0 Å². The predicted molar refractivity (Wildman–Crippen MR) is 80.8 cm³/mol. The highest BCUT2D eigenvalue weighted by Crippen LogP contribution is 2.22. The molecule has 0 radical (unpaired) electrons. The van der Waals surface area contributed by atoms with Crippen molar-refractivity contribution in [2.24, 2.45) is 0 Å². The predicted octanol–water partition coefficient (Wildman–Crippen LogP) is 3.03. The van der Waals surface area contributed by atoms with Gasteiger partial charge in [-0.2, -0.15) is 0 Å². The molecule has 0 spiro atoms. The number of carbonyl (C=O) groups is 2. The number of nitrogens with zero attached hydrogens (tertiary/aromatic N) is 1. The van der Waals surface area contributed by atoms with E-state index < -0.39 is 12.0 Å². The maximum Gasteiger partial charge on any atom is 0.419 e. The van der Waals surface area contributed by atoms with E-state index in [1.54, 1.807) is 24.3 Å². The SMILES string of the molecule is COc1ccc(C(=O)N(C(=O)O)c2ccc(OC)cc2)cc1. The van der Waals surface area contributed by atoms with Crippen LogP contribution in [0.15, 0.2) is 48.5 Å². The van der Waals surface area contributed by atoms with Crippen LogP contribution in [0.25, 0.3) is 0 Å². The van der Waals surface area contributed by atoms with Gasteiger partial charge in [0.25, 0.3) is 5.91 Å². The van der Waals surface area contributed by atoms with E-state index in [4.69, 9.17) is 9.47 Å². The molecule has 0 unspecified atom stereocenters. The van der Waals surface area contributed by atoms with Crippen LogP contribution in [0.1, 0.15) is 10.4 Å². The molecular formula is C16H15NO5. The summed E-state index contributed by atoms with van der Waals surface area (Å²) in [6.45, 7) is 0. The summed E-state index contributed by atoms with van der Waals surface area (Å²) in [7, 11) is 3.02. The van der Waals surface area contributed by atoms with E-state index in [0.717, 1.165) is 0 Å². The fourth-order valence-corrected chi connectivity index (χ4v) is 1.91. The third-order valence-electron chi connectivity index (χ3n) is 3.06. The summed E-state index contributed by atoms with van der Waals surface area (Å²) in [6, 6.07) is 12.4. The molecule has 1 N–H and O–H groups in total. The van der Waals surface area contributed by atoms with Crippen molar-refractivity contribution in [2.45, 2.75) is 0 Å². The monoisotopic (exact) mass is 301 g/mol. The Morgan fingerprint density at radius 3 is 1.73 bits per heavy atom. The minimum atomic E-state index is -1.36. The van der Waals surface area contributed by atoms with Gasteiger partial charge in [-0.3, -0.25) is 4.79 Å². The zero-order chi connectivity index (χ0) is 16.1. The number of benzene rings is 2. The molecule has 0 atom stereocenters. The van der Waals surface area contributed by atoms with Crippen LogP contribution in [-0.2, 0) is 0 Å². The van der Waals surface area contributed by atoms with E-state index in [0.29, 0.717) is 16.4 Å². The molecule has 6 heteroatoms. The summed E-state index contributed by atoms with van der Waals surface area (Å²) in [5, 5.41) is 9.33. The van der Waals surface area contributed by atoms with Gasteiger partial charge in [0.2, 0.25) is 0 Å². The zero-order valence-corrected chi connectivity index (χ0v) is 12.1. The van der Waals surface area contributed by atoms with Crippen molar-refractivity contribution < 1.29 is 24.2 Å². The molecule has 6 nitrogen and oxygen atoms in total. The molecule has 2 amide bonds. The molecule has 2 aromatic rings. The van der Waals surface area contributed by atoms with Gasteiger partial charge in [-0.05, 0) is 48.5 Å². The van der Waals surface area contributed by atoms with Crippen LogP contribution in [0.2, 0.25) is 0 Å². The molecule has 0 aliphatic rings. The number of hydrogen-bond donors (Lipinski definition) is 1. The van der Waals surface area contributed by atoms with Gasteiger partial charge in [0.1, 0.15) is 11.5 Å². The van der Waals surface area contributed by atoms with Crippen molar-refractivity contribution >= 4 is 17.7 Å². The van der Waals surface area contributed by atoms with Gasteiger partial charge in [0.05, 0.1) is 19.9 Å². The van der Waals surface area contributed by atoms with E-state index in [9.17, 15) is 14.7 Å². The van der Waals surface area contributed by atoms with Gasteiger partial charge in [-0.1, -0.05) is 0 Å². The summed E-state index contributed by atoms with van der Waals surface area (Å²) in [4.78, 5) is 24.5. The molecule has 0 aromatic heterocycles. The van der Waals surface area contributed by atoms with Crippen LogP contribution in [0.3, 0.4) is 0 Å². The smallest absolute Gasteiger partial charge is 0.419 e. The Bertz CT molecular complexity index is 664. The van der Waals surface area contributed by atoms with Crippen molar-refractivity contribution in [3.8, 4) is 11.5 Å². The average Bonchev–Trinajstić information content (AvgIpc) is 2.55. The van der Waals surface area contributed by atoms with Crippen LogP contribution in [0.4, 0.5) is 10.5 Å². The third kappa shape index (κ3) is 3.17. The molecule has 0 aliphatic carbocycles. The molecule has 0 fully saturated rings. The van der Waals surface area contributed by atoms with E-state index in [2.05, 4.69) is 0 Å².